The van der Waals surface area contributed by atoms with E-state index < -0.39 is 0 Å². The van der Waals surface area contributed by atoms with Crippen molar-refractivity contribution in [1.29, 1.82) is 0 Å². The van der Waals surface area contributed by atoms with Crippen LogP contribution in [0.25, 0.3) is 0 Å². The minimum Gasteiger partial charge on any atom is -0.309 e. The highest BCUT2D eigenvalue weighted by molar-refractivity contribution is 5.16. The predicted octanol–water partition coefficient (Wildman–Crippen LogP) is 1.36. The summed E-state index contributed by atoms with van der Waals surface area (Å²) < 4.78 is 3.79. The molecule has 1 atom stereocenters. The minimum atomic E-state index is 0.260. The van der Waals surface area contributed by atoms with Gasteiger partial charge in [-0.15, -0.1) is 0 Å². The third-order valence-corrected chi connectivity index (χ3v) is 3.03. The highest BCUT2D eigenvalue weighted by atomic mass is 15.3. The van der Waals surface area contributed by atoms with Crippen LogP contribution >= 0.6 is 0 Å². The average molecular weight is 247 g/mol. The van der Waals surface area contributed by atoms with Crippen molar-refractivity contribution in [1.82, 2.24) is 24.9 Å². The van der Waals surface area contributed by atoms with E-state index >= 15 is 0 Å². The molecule has 2 heterocycles. The van der Waals surface area contributed by atoms with Crippen LogP contribution in [0.3, 0.4) is 0 Å². The van der Waals surface area contributed by atoms with Gasteiger partial charge in [0, 0.05) is 26.7 Å². The molecule has 0 saturated heterocycles. The molecule has 5 nitrogen and oxygen atoms in total. The van der Waals surface area contributed by atoms with Gasteiger partial charge in [-0.3, -0.25) is 9.36 Å². The molecular weight excluding hydrogens is 226 g/mol. The molecule has 18 heavy (non-hydrogen) atoms. The Balaban J connectivity index is 2.20. The highest BCUT2D eigenvalue weighted by Gasteiger charge is 2.16. The number of nitrogens with zero attached hydrogens (tertiary/aromatic N) is 4. The van der Waals surface area contributed by atoms with Crippen molar-refractivity contribution in [2.24, 2.45) is 14.1 Å². The van der Waals surface area contributed by atoms with Crippen LogP contribution in [0.2, 0.25) is 0 Å². The van der Waals surface area contributed by atoms with E-state index in [-0.39, 0.29) is 6.04 Å². The molecular formula is C13H21N5. The number of hydrogen-bond acceptors (Lipinski definition) is 3. The summed E-state index contributed by atoms with van der Waals surface area (Å²) in [6.07, 6.45) is 2.86. The van der Waals surface area contributed by atoms with E-state index in [1.54, 1.807) is 0 Å². The Morgan fingerprint density at radius 1 is 1.33 bits per heavy atom. The zero-order valence-electron chi connectivity index (χ0n) is 11.5. The summed E-state index contributed by atoms with van der Waals surface area (Å²) in [7, 11) is 3.94. The zero-order valence-corrected chi connectivity index (χ0v) is 11.5. The van der Waals surface area contributed by atoms with Crippen molar-refractivity contribution in [3.05, 3.63) is 35.4 Å². The number of aromatic nitrogens is 4. The van der Waals surface area contributed by atoms with Crippen LogP contribution in [-0.2, 0) is 20.5 Å². The van der Waals surface area contributed by atoms with Crippen molar-refractivity contribution in [3.8, 4) is 0 Å². The van der Waals surface area contributed by atoms with Gasteiger partial charge in [-0.05, 0) is 25.6 Å². The van der Waals surface area contributed by atoms with E-state index in [0.717, 1.165) is 24.4 Å². The molecule has 2 rings (SSSR count). The first-order valence-corrected chi connectivity index (χ1v) is 6.32. The van der Waals surface area contributed by atoms with Crippen molar-refractivity contribution in [2.45, 2.75) is 26.3 Å². The van der Waals surface area contributed by atoms with E-state index in [2.05, 4.69) is 34.6 Å². The third-order valence-electron chi connectivity index (χ3n) is 3.03. The van der Waals surface area contributed by atoms with Crippen LogP contribution in [0.1, 0.15) is 30.0 Å². The second kappa shape index (κ2) is 5.35. The maximum Gasteiger partial charge on any atom is 0.0644 e. The lowest BCUT2D eigenvalue weighted by Crippen LogP contribution is -2.25. The zero-order chi connectivity index (χ0) is 13.1. The van der Waals surface area contributed by atoms with Crippen molar-refractivity contribution >= 4 is 0 Å². The number of nitrogens with one attached hydrogen (secondary N) is 1. The SMILES string of the molecule is CCNC(Cc1ccn(C)n1)c1cc(C)nn1C. The minimum absolute atomic E-state index is 0.260. The summed E-state index contributed by atoms with van der Waals surface area (Å²) >= 11 is 0. The molecule has 0 aliphatic rings. The molecule has 0 aliphatic heterocycles. The second-order valence-corrected chi connectivity index (χ2v) is 4.63. The Kier molecular flexibility index (Phi) is 3.81. The maximum atomic E-state index is 4.44. The van der Waals surface area contributed by atoms with E-state index in [1.165, 1.54) is 5.69 Å². The van der Waals surface area contributed by atoms with Gasteiger partial charge < -0.3 is 5.32 Å². The van der Waals surface area contributed by atoms with Gasteiger partial charge in [-0.1, -0.05) is 6.92 Å². The molecule has 1 N–H and O–H groups in total. The molecule has 0 spiro atoms. The molecule has 0 aromatic carbocycles. The quantitative estimate of drug-likeness (QED) is 0.867. The molecule has 0 radical (unpaired) electrons. The van der Waals surface area contributed by atoms with Crippen molar-refractivity contribution in [2.75, 3.05) is 6.54 Å². The van der Waals surface area contributed by atoms with Crippen molar-refractivity contribution in [3.63, 3.8) is 0 Å². The highest BCUT2D eigenvalue weighted by Crippen LogP contribution is 2.18. The monoisotopic (exact) mass is 247 g/mol. The van der Waals surface area contributed by atoms with Gasteiger partial charge >= 0.3 is 0 Å². The first-order chi connectivity index (χ1) is 8.60. The third kappa shape index (κ3) is 2.79. The van der Waals surface area contributed by atoms with Crippen LogP contribution in [-0.4, -0.2) is 26.1 Å². The first-order valence-electron chi connectivity index (χ1n) is 6.32. The Morgan fingerprint density at radius 2 is 2.11 bits per heavy atom. The lowest BCUT2D eigenvalue weighted by molar-refractivity contribution is 0.500. The molecule has 5 heteroatoms. The normalized spacial score (nSPS) is 12.9. The molecule has 0 amide bonds. The Bertz CT molecular complexity index is 511. The predicted molar refractivity (Wildman–Crippen MR) is 71.3 cm³/mol. The fourth-order valence-corrected chi connectivity index (χ4v) is 2.27. The summed E-state index contributed by atoms with van der Waals surface area (Å²) in [6, 6.07) is 4.46. The second-order valence-electron chi connectivity index (χ2n) is 4.63. The van der Waals surface area contributed by atoms with Gasteiger partial charge in [-0.25, -0.2) is 0 Å². The lowest BCUT2D eigenvalue weighted by atomic mass is 10.1. The Labute approximate surface area is 108 Å². The number of aryl methyl sites for hydroxylation is 3. The fraction of sp³-hybridized carbons (Fsp3) is 0.538. The van der Waals surface area contributed by atoms with E-state index in [9.17, 15) is 0 Å². The number of rotatable bonds is 5. The first kappa shape index (κ1) is 12.8. The van der Waals surface area contributed by atoms with Gasteiger partial charge in [0.05, 0.1) is 23.1 Å². The van der Waals surface area contributed by atoms with Gasteiger partial charge in [0.25, 0.3) is 0 Å². The Hall–Kier alpha value is -1.62. The summed E-state index contributed by atoms with van der Waals surface area (Å²) in [5.74, 6) is 0. The van der Waals surface area contributed by atoms with Gasteiger partial charge in [0.1, 0.15) is 0 Å². The van der Waals surface area contributed by atoms with E-state index in [4.69, 9.17) is 0 Å². The maximum absolute atomic E-state index is 4.44. The standard InChI is InChI=1S/C13H21N5/c1-5-14-12(9-11-6-7-17(3)16-11)13-8-10(2)15-18(13)4/h6-8,12,14H,5,9H2,1-4H3. The molecule has 1 unspecified atom stereocenters. The topological polar surface area (TPSA) is 47.7 Å². The summed E-state index contributed by atoms with van der Waals surface area (Å²) in [4.78, 5) is 0. The molecule has 98 valence electrons. The molecule has 2 aromatic rings. The summed E-state index contributed by atoms with van der Waals surface area (Å²) in [5, 5.41) is 12.4. The van der Waals surface area contributed by atoms with Crippen LogP contribution < -0.4 is 5.32 Å². The van der Waals surface area contributed by atoms with Crippen LogP contribution in [0.5, 0.6) is 0 Å². The van der Waals surface area contributed by atoms with Crippen LogP contribution in [0.4, 0.5) is 0 Å². The Morgan fingerprint density at radius 3 is 2.61 bits per heavy atom. The molecule has 0 fully saturated rings. The lowest BCUT2D eigenvalue weighted by Gasteiger charge is -2.17. The number of hydrogen-bond donors (Lipinski definition) is 1. The molecule has 0 aliphatic carbocycles. The van der Waals surface area contributed by atoms with Crippen molar-refractivity contribution < 1.29 is 0 Å². The average Bonchev–Trinajstić information content (AvgIpc) is 2.84. The number of likely N-dealkylation sites (N-methyl/N-ethyl adjacent to an activating group) is 1. The summed E-state index contributed by atoms with van der Waals surface area (Å²) in [6.45, 7) is 5.07. The van der Waals surface area contributed by atoms with E-state index in [0.29, 0.717) is 0 Å². The largest absolute Gasteiger partial charge is 0.309 e. The van der Waals surface area contributed by atoms with Crippen LogP contribution in [0, 0.1) is 6.92 Å². The van der Waals surface area contributed by atoms with Gasteiger partial charge in [0.15, 0.2) is 0 Å². The van der Waals surface area contributed by atoms with Gasteiger partial charge in [-0.2, -0.15) is 10.2 Å². The summed E-state index contributed by atoms with van der Waals surface area (Å²) in [5.41, 5.74) is 3.36. The molecule has 0 bridgehead atoms. The molecule has 0 saturated carbocycles. The van der Waals surface area contributed by atoms with Crippen LogP contribution in [0.15, 0.2) is 18.3 Å². The smallest absolute Gasteiger partial charge is 0.0644 e. The van der Waals surface area contributed by atoms with E-state index in [1.807, 2.05) is 36.6 Å². The van der Waals surface area contributed by atoms with Gasteiger partial charge in [0.2, 0.25) is 0 Å². The molecule has 2 aromatic heterocycles. The fourth-order valence-electron chi connectivity index (χ4n) is 2.27.